The molecule has 118 valence electrons. The number of para-hydroxylation sites is 1. The molecule has 0 fully saturated rings. The molecule has 0 spiro atoms. The van der Waals surface area contributed by atoms with Gasteiger partial charge in [0.25, 0.3) is 0 Å². The van der Waals surface area contributed by atoms with Crippen LogP contribution in [-0.2, 0) is 4.79 Å². The van der Waals surface area contributed by atoms with Crippen molar-refractivity contribution in [3.63, 3.8) is 0 Å². The third-order valence-corrected chi connectivity index (χ3v) is 3.66. The first-order chi connectivity index (χ1) is 10.1. The second-order valence-electron chi connectivity index (χ2n) is 4.73. The van der Waals surface area contributed by atoms with Gasteiger partial charge in [-0.1, -0.05) is 18.9 Å². The number of hydrogen-bond acceptors (Lipinski definition) is 3. The summed E-state index contributed by atoms with van der Waals surface area (Å²) < 4.78 is 26.6. The van der Waals surface area contributed by atoms with Gasteiger partial charge in [0.1, 0.15) is 17.3 Å². The van der Waals surface area contributed by atoms with Crippen LogP contribution < -0.4 is 10.6 Å². The molecule has 0 aliphatic carbocycles. The Balaban J connectivity index is 2.14. The minimum atomic E-state index is -0.767. The average molecular weight is 316 g/mol. The lowest BCUT2D eigenvalue weighted by molar-refractivity contribution is -0.115. The van der Waals surface area contributed by atoms with Gasteiger partial charge >= 0.3 is 0 Å². The molecule has 1 amide bonds. The first-order valence-corrected chi connectivity index (χ1v) is 8.48. The van der Waals surface area contributed by atoms with Crippen molar-refractivity contribution < 1.29 is 13.6 Å². The van der Waals surface area contributed by atoms with Gasteiger partial charge in [-0.2, -0.15) is 11.8 Å². The van der Waals surface area contributed by atoms with Crippen LogP contribution in [0.3, 0.4) is 0 Å². The molecule has 0 saturated carbocycles. The Morgan fingerprint density at radius 1 is 1.14 bits per heavy atom. The van der Waals surface area contributed by atoms with E-state index in [2.05, 4.69) is 16.9 Å². The van der Waals surface area contributed by atoms with Crippen LogP contribution in [0.2, 0.25) is 0 Å². The zero-order valence-corrected chi connectivity index (χ0v) is 13.1. The summed E-state index contributed by atoms with van der Waals surface area (Å²) in [5, 5.41) is 5.22. The summed E-state index contributed by atoms with van der Waals surface area (Å²) in [6, 6.07) is 3.48. The van der Waals surface area contributed by atoms with E-state index in [-0.39, 0.29) is 12.2 Å². The van der Waals surface area contributed by atoms with Gasteiger partial charge in [-0.05, 0) is 43.5 Å². The number of nitrogens with one attached hydrogen (secondary N) is 2. The number of rotatable bonds is 10. The molecule has 2 N–H and O–H groups in total. The third kappa shape index (κ3) is 7.43. The first kappa shape index (κ1) is 17.9. The summed E-state index contributed by atoms with van der Waals surface area (Å²) in [5.74, 6) is -0.792. The lowest BCUT2D eigenvalue weighted by Gasteiger charge is -2.08. The van der Waals surface area contributed by atoms with Crippen LogP contribution >= 0.6 is 11.8 Å². The SMILES string of the molecule is CSCCCCCCNCC(=O)Nc1c(F)cccc1F. The summed E-state index contributed by atoms with van der Waals surface area (Å²) in [6.45, 7) is 0.783. The average Bonchev–Trinajstić information content (AvgIpc) is 2.46. The minimum absolute atomic E-state index is 0.0542. The molecule has 0 atom stereocenters. The van der Waals surface area contributed by atoms with E-state index in [1.165, 1.54) is 24.7 Å². The number of amides is 1. The normalized spacial score (nSPS) is 10.6. The molecule has 0 unspecified atom stereocenters. The van der Waals surface area contributed by atoms with Crippen molar-refractivity contribution in [1.29, 1.82) is 0 Å². The fraction of sp³-hybridized carbons (Fsp3) is 0.533. The van der Waals surface area contributed by atoms with E-state index >= 15 is 0 Å². The van der Waals surface area contributed by atoms with Crippen LogP contribution in [0, 0.1) is 11.6 Å². The van der Waals surface area contributed by atoms with Crippen molar-refractivity contribution in [2.24, 2.45) is 0 Å². The molecule has 1 aromatic rings. The van der Waals surface area contributed by atoms with Crippen molar-refractivity contribution in [3.8, 4) is 0 Å². The minimum Gasteiger partial charge on any atom is -0.320 e. The van der Waals surface area contributed by atoms with Crippen LogP contribution in [0.1, 0.15) is 25.7 Å². The number of carbonyl (C=O) groups excluding carboxylic acids is 1. The number of thioether (sulfide) groups is 1. The second kappa shape index (κ2) is 10.6. The van der Waals surface area contributed by atoms with Crippen molar-refractivity contribution >= 4 is 23.4 Å². The monoisotopic (exact) mass is 316 g/mol. The lowest BCUT2D eigenvalue weighted by atomic mass is 10.2. The molecule has 1 aromatic carbocycles. The van der Waals surface area contributed by atoms with Gasteiger partial charge in [0.2, 0.25) is 5.91 Å². The fourth-order valence-electron chi connectivity index (χ4n) is 1.85. The van der Waals surface area contributed by atoms with Crippen molar-refractivity contribution in [1.82, 2.24) is 5.32 Å². The topological polar surface area (TPSA) is 41.1 Å². The van der Waals surface area contributed by atoms with Gasteiger partial charge in [-0.25, -0.2) is 8.78 Å². The summed E-state index contributed by atoms with van der Waals surface area (Å²) in [5.41, 5.74) is -0.388. The van der Waals surface area contributed by atoms with E-state index in [1.54, 1.807) is 0 Å². The quantitative estimate of drug-likeness (QED) is 0.650. The van der Waals surface area contributed by atoms with E-state index in [0.717, 1.165) is 31.5 Å². The van der Waals surface area contributed by atoms with Crippen molar-refractivity contribution in [2.75, 3.05) is 30.4 Å². The predicted molar refractivity (Wildman–Crippen MR) is 84.7 cm³/mol. The molecule has 21 heavy (non-hydrogen) atoms. The molecular formula is C15H22F2N2OS. The Hall–Kier alpha value is -1.14. The highest BCUT2D eigenvalue weighted by Gasteiger charge is 2.11. The Bertz CT molecular complexity index is 423. The van der Waals surface area contributed by atoms with E-state index < -0.39 is 17.5 Å². The van der Waals surface area contributed by atoms with Crippen LogP contribution in [0.15, 0.2) is 18.2 Å². The maximum atomic E-state index is 13.3. The van der Waals surface area contributed by atoms with E-state index in [9.17, 15) is 13.6 Å². The lowest BCUT2D eigenvalue weighted by Crippen LogP contribution is -2.29. The number of anilines is 1. The molecule has 0 heterocycles. The summed E-state index contributed by atoms with van der Waals surface area (Å²) >= 11 is 1.85. The molecule has 6 heteroatoms. The maximum absolute atomic E-state index is 13.3. The van der Waals surface area contributed by atoms with Crippen molar-refractivity contribution in [3.05, 3.63) is 29.8 Å². The standard InChI is InChI=1S/C15H22F2N2OS/c1-21-10-5-3-2-4-9-18-11-14(20)19-15-12(16)7-6-8-13(15)17/h6-8,18H,2-5,9-11H2,1H3,(H,19,20). The van der Waals surface area contributed by atoms with E-state index in [0.29, 0.717) is 0 Å². The number of carbonyl (C=O) groups is 1. The Labute approximate surface area is 128 Å². The van der Waals surface area contributed by atoms with Gasteiger partial charge in [0, 0.05) is 0 Å². The molecule has 0 bridgehead atoms. The molecule has 0 aliphatic heterocycles. The molecule has 1 rings (SSSR count). The highest BCUT2D eigenvalue weighted by molar-refractivity contribution is 7.98. The third-order valence-electron chi connectivity index (χ3n) is 2.96. The zero-order chi connectivity index (χ0) is 15.5. The highest BCUT2D eigenvalue weighted by atomic mass is 32.2. The maximum Gasteiger partial charge on any atom is 0.238 e. The molecule has 0 radical (unpaired) electrons. The summed E-state index contributed by atoms with van der Waals surface area (Å²) in [6.07, 6.45) is 6.62. The van der Waals surface area contributed by atoms with Crippen molar-refractivity contribution in [2.45, 2.75) is 25.7 Å². The number of unbranched alkanes of at least 4 members (excludes halogenated alkanes) is 3. The summed E-state index contributed by atoms with van der Waals surface area (Å²) in [4.78, 5) is 11.6. The van der Waals surface area contributed by atoms with Gasteiger partial charge < -0.3 is 10.6 Å². The molecule has 3 nitrogen and oxygen atoms in total. The number of hydrogen-bond donors (Lipinski definition) is 2. The van der Waals surface area contributed by atoms with E-state index in [4.69, 9.17) is 0 Å². The Morgan fingerprint density at radius 2 is 1.81 bits per heavy atom. The van der Waals surface area contributed by atoms with Crippen LogP contribution in [0.25, 0.3) is 0 Å². The molecular weight excluding hydrogens is 294 g/mol. The summed E-state index contributed by atoms with van der Waals surface area (Å²) in [7, 11) is 0. The first-order valence-electron chi connectivity index (χ1n) is 7.08. The Morgan fingerprint density at radius 3 is 2.48 bits per heavy atom. The fourth-order valence-corrected chi connectivity index (χ4v) is 2.35. The number of halogens is 2. The number of benzene rings is 1. The largest absolute Gasteiger partial charge is 0.320 e. The molecule has 0 aliphatic rings. The van der Waals surface area contributed by atoms with Gasteiger partial charge in [-0.3, -0.25) is 4.79 Å². The van der Waals surface area contributed by atoms with Gasteiger partial charge in [0.15, 0.2) is 0 Å². The Kier molecular flexibility index (Phi) is 9.01. The van der Waals surface area contributed by atoms with Crippen LogP contribution in [-0.4, -0.2) is 31.0 Å². The second-order valence-corrected chi connectivity index (χ2v) is 5.71. The van der Waals surface area contributed by atoms with Gasteiger partial charge in [0.05, 0.1) is 6.54 Å². The van der Waals surface area contributed by atoms with Crippen LogP contribution in [0.5, 0.6) is 0 Å². The van der Waals surface area contributed by atoms with E-state index in [1.807, 2.05) is 11.8 Å². The molecule has 0 saturated heterocycles. The smallest absolute Gasteiger partial charge is 0.238 e. The molecule has 0 aromatic heterocycles. The zero-order valence-electron chi connectivity index (χ0n) is 12.3. The highest BCUT2D eigenvalue weighted by Crippen LogP contribution is 2.17. The predicted octanol–water partition coefficient (Wildman–Crippen LogP) is 3.42. The van der Waals surface area contributed by atoms with Crippen LogP contribution in [0.4, 0.5) is 14.5 Å². The van der Waals surface area contributed by atoms with Gasteiger partial charge in [-0.15, -0.1) is 0 Å².